The highest BCUT2D eigenvalue weighted by Crippen LogP contribution is 2.13. The average molecular weight is 248 g/mol. The first-order valence-electron chi connectivity index (χ1n) is 5.60. The first kappa shape index (κ1) is 12.1. The molecule has 1 N–H and O–H groups in total. The maximum atomic E-state index is 9.04. The van der Waals surface area contributed by atoms with E-state index in [9.17, 15) is 0 Å². The molecule has 0 unspecified atom stereocenters. The number of thiophene rings is 1. The molecule has 2 rings (SSSR count). The minimum Gasteiger partial charge on any atom is -0.390 e. The monoisotopic (exact) mass is 248 g/mol. The van der Waals surface area contributed by atoms with E-state index in [1.165, 1.54) is 4.88 Å². The van der Waals surface area contributed by atoms with Crippen molar-refractivity contribution >= 4 is 17.2 Å². The Labute approximate surface area is 105 Å². The number of anilines is 1. The summed E-state index contributed by atoms with van der Waals surface area (Å²) < 4.78 is 0. The molecule has 2 aromatic rings. The second kappa shape index (κ2) is 5.80. The van der Waals surface area contributed by atoms with Crippen molar-refractivity contribution in [1.29, 1.82) is 0 Å². The molecule has 4 heteroatoms. The highest BCUT2D eigenvalue weighted by atomic mass is 32.1. The number of aliphatic hydroxyl groups is 1. The molecule has 0 fully saturated rings. The lowest BCUT2D eigenvalue weighted by Crippen LogP contribution is -2.21. The Hall–Kier alpha value is -1.39. The van der Waals surface area contributed by atoms with E-state index in [0.717, 1.165) is 18.8 Å². The van der Waals surface area contributed by atoms with Crippen LogP contribution in [-0.4, -0.2) is 23.7 Å². The zero-order chi connectivity index (χ0) is 12.1. The summed E-state index contributed by atoms with van der Waals surface area (Å²) >= 11 is 1.78. The molecule has 2 aromatic heterocycles. The second-order valence-electron chi connectivity index (χ2n) is 3.90. The van der Waals surface area contributed by atoms with Crippen LogP contribution in [0.2, 0.25) is 0 Å². The van der Waals surface area contributed by atoms with Crippen molar-refractivity contribution in [3.05, 3.63) is 46.3 Å². The molecular formula is C13H16N2OS. The Balaban J connectivity index is 1.96. The minimum atomic E-state index is -0.00734. The van der Waals surface area contributed by atoms with Crippen molar-refractivity contribution in [3.8, 4) is 0 Å². The van der Waals surface area contributed by atoms with Crippen LogP contribution in [0, 0.1) is 0 Å². The number of pyridine rings is 1. The number of rotatable bonds is 5. The van der Waals surface area contributed by atoms with E-state index in [-0.39, 0.29) is 6.61 Å². The third-order valence-electron chi connectivity index (χ3n) is 2.62. The van der Waals surface area contributed by atoms with Crippen LogP contribution in [0.5, 0.6) is 0 Å². The minimum absolute atomic E-state index is 0.00734. The molecule has 0 amide bonds. The number of hydrogen-bond acceptors (Lipinski definition) is 4. The topological polar surface area (TPSA) is 36.4 Å². The highest BCUT2D eigenvalue weighted by Gasteiger charge is 2.04. The second-order valence-corrected chi connectivity index (χ2v) is 4.93. The molecule has 17 heavy (non-hydrogen) atoms. The maximum Gasteiger partial charge on any atom is 0.128 e. The molecule has 0 aliphatic carbocycles. The summed E-state index contributed by atoms with van der Waals surface area (Å²) in [6, 6.07) is 9.94. The Bertz CT molecular complexity index is 456. The van der Waals surface area contributed by atoms with Crippen molar-refractivity contribution in [1.82, 2.24) is 4.98 Å². The van der Waals surface area contributed by atoms with Crippen LogP contribution in [0.4, 0.5) is 5.82 Å². The molecule has 0 radical (unpaired) electrons. The summed E-state index contributed by atoms with van der Waals surface area (Å²) in [5.74, 6) is 0.910. The Morgan fingerprint density at radius 3 is 2.88 bits per heavy atom. The number of aromatic nitrogens is 1. The van der Waals surface area contributed by atoms with E-state index in [2.05, 4.69) is 27.4 Å². The average Bonchev–Trinajstić information content (AvgIpc) is 2.89. The van der Waals surface area contributed by atoms with Gasteiger partial charge in [0.15, 0.2) is 0 Å². The number of likely N-dealkylation sites (N-methyl/N-ethyl adjacent to an activating group) is 1. The van der Waals surface area contributed by atoms with Gasteiger partial charge >= 0.3 is 0 Å². The number of hydrogen-bond donors (Lipinski definition) is 1. The molecule has 0 aliphatic rings. The fourth-order valence-electron chi connectivity index (χ4n) is 1.61. The van der Waals surface area contributed by atoms with Crippen LogP contribution in [-0.2, 0) is 13.0 Å². The molecule has 0 aromatic carbocycles. The molecule has 2 heterocycles. The first-order chi connectivity index (χ1) is 8.29. The quantitative estimate of drug-likeness (QED) is 0.882. The van der Waals surface area contributed by atoms with Gasteiger partial charge in [-0.2, -0.15) is 0 Å². The molecule has 0 aliphatic heterocycles. The molecular weight excluding hydrogens is 232 g/mol. The number of nitrogens with zero attached hydrogens (tertiary/aromatic N) is 2. The van der Waals surface area contributed by atoms with Crippen LogP contribution in [0.1, 0.15) is 10.6 Å². The summed E-state index contributed by atoms with van der Waals surface area (Å²) in [6.45, 7) is 0.926. The predicted octanol–water partition coefficient (Wildman–Crippen LogP) is 2.31. The van der Waals surface area contributed by atoms with Crippen LogP contribution in [0.25, 0.3) is 0 Å². The van der Waals surface area contributed by atoms with E-state index < -0.39 is 0 Å². The van der Waals surface area contributed by atoms with Crippen molar-refractivity contribution in [2.75, 3.05) is 18.5 Å². The molecule has 3 nitrogen and oxygen atoms in total. The van der Waals surface area contributed by atoms with Crippen LogP contribution >= 0.6 is 11.3 Å². The van der Waals surface area contributed by atoms with E-state index in [1.807, 2.05) is 25.2 Å². The van der Waals surface area contributed by atoms with E-state index >= 15 is 0 Å². The molecule has 0 spiro atoms. The van der Waals surface area contributed by atoms with Crippen molar-refractivity contribution in [2.24, 2.45) is 0 Å². The SMILES string of the molecule is CN(CCc1cccs1)c1cccc(CO)n1. The van der Waals surface area contributed by atoms with Gasteiger partial charge in [-0.3, -0.25) is 0 Å². The van der Waals surface area contributed by atoms with Gasteiger partial charge in [-0.05, 0) is 30.0 Å². The largest absolute Gasteiger partial charge is 0.390 e. The fraction of sp³-hybridized carbons (Fsp3) is 0.308. The standard InChI is InChI=1S/C13H16N2OS/c1-15(8-7-12-5-3-9-17-12)13-6-2-4-11(10-16)14-13/h2-6,9,16H,7-8,10H2,1H3. The third kappa shape index (κ3) is 3.28. The Kier molecular flexibility index (Phi) is 4.12. The van der Waals surface area contributed by atoms with Gasteiger partial charge in [-0.1, -0.05) is 12.1 Å². The van der Waals surface area contributed by atoms with Crippen LogP contribution < -0.4 is 4.90 Å². The van der Waals surface area contributed by atoms with Gasteiger partial charge in [-0.25, -0.2) is 4.98 Å². The molecule has 0 atom stereocenters. The summed E-state index contributed by atoms with van der Waals surface area (Å²) in [5, 5.41) is 11.1. The van der Waals surface area contributed by atoms with Gasteiger partial charge in [-0.15, -0.1) is 11.3 Å². The van der Waals surface area contributed by atoms with Crippen molar-refractivity contribution in [2.45, 2.75) is 13.0 Å². The van der Waals surface area contributed by atoms with Gasteiger partial charge in [0.1, 0.15) is 5.82 Å². The molecule has 90 valence electrons. The smallest absolute Gasteiger partial charge is 0.128 e. The Morgan fingerprint density at radius 2 is 2.18 bits per heavy atom. The molecule has 0 saturated heterocycles. The highest BCUT2D eigenvalue weighted by molar-refractivity contribution is 7.09. The van der Waals surface area contributed by atoms with Crippen LogP contribution in [0.15, 0.2) is 35.7 Å². The van der Waals surface area contributed by atoms with Crippen molar-refractivity contribution in [3.63, 3.8) is 0 Å². The van der Waals surface area contributed by atoms with Gasteiger partial charge in [0, 0.05) is 18.5 Å². The normalized spacial score (nSPS) is 10.5. The molecule has 0 bridgehead atoms. The van der Waals surface area contributed by atoms with Gasteiger partial charge in [0.05, 0.1) is 12.3 Å². The third-order valence-corrected chi connectivity index (χ3v) is 3.56. The fourth-order valence-corrected chi connectivity index (χ4v) is 2.31. The maximum absolute atomic E-state index is 9.04. The molecule has 0 saturated carbocycles. The summed E-state index contributed by atoms with van der Waals surface area (Å²) in [7, 11) is 2.02. The van der Waals surface area contributed by atoms with Gasteiger partial charge in [0.2, 0.25) is 0 Å². The van der Waals surface area contributed by atoms with Crippen LogP contribution in [0.3, 0.4) is 0 Å². The summed E-state index contributed by atoms with van der Waals surface area (Å²) in [4.78, 5) is 7.86. The summed E-state index contributed by atoms with van der Waals surface area (Å²) in [5.41, 5.74) is 0.713. The predicted molar refractivity (Wildman–Crippen MR) is 71.5 cm³/mol. The summed E-state index contributed by atoms with van der Waals surface area (Å²) in [6.07, 6.45) is 1.03. The Morgan fingerprint density at radius 1 is 1.29 bits per heavy atom. The van der Waals surface area contributed by atoms with Gasteiger partial charge in [0.25, 0.3) is 0 Å². The zero-order valence-electron chi connectivity index (χ0n) is 9.84. The van der Waals surface area contributed by atoms with Crippen molar-refractivity contribution < 1.29 is 5.11 Å². The van der Waals surface area contributed by atoms with E-state index in [0.29, 0.717) is 5.69 Å². The first-order valence-corrected chi connectivity index (χ1v) is 6.48. The lowest BCUT2D eigenvalue weighted by atomic mass is 10.3. The van der Waals surface area contributed by atoms with Gasteiger partial charge < -0.3 is 10.0 Å². The zero-order valence-corrected chi connectivity index (χ0v) is 10.7. The lowest BCUT2D eigenvalue weighted by molar-refractivity contribution is 0.277. The number of aliphatic hydroxyl groups excluding tert-OH is 1. The lowest BCUT2D eigenvalue weighted by Gasteiger charge is -2.18. The van der Waals surface area contributed by atoms with E-state index in [1.54, 1.807) is 11.3 Å². The van der Waals surface area contributed by atoms with E-state index in [4.69, 9.17) is 5.11 Å².